The van der Waals surface area contributed by atoms with Crippen LogP contribution in [0, 0.1) is 0 Å². The quantitative estimate of drug-likeness (QED) is 0.929. The van der Waals surface area contributed by atoms with Crippen molar-refractivity contribution in [2.24, 2.45) is 0 Å². The van der Waals surface area contributed by atoms with Crippen LogP contribution in [-0.2, 0) is 17.4 Å². The number of alkyl halides is 3. The van der Waals surface area contributed by atoms with Gasteiger partial charge in [-0.15, -0.1) is 0 Å². The van der Waals surface area contributed by atoms with Gasteiger partial charge in [0.1, 0.15) is 0 Å². The van der Waals surface area contributed by atoms with Crippen molar-refractivity contribution >= 4 is 17.6 Å². The van der Waals surface area contributed by atoms with Crippen molar-refractivity contribution < 1.29 is 23.1 Å². The van der Waals surface area contributed by atoms with Crippen molar-refractivity contribution in [3.8, 4) is 11.3 Å². The number of aliphatic carboxylic acids is 1. The molecule has 2 rings (SSSR count). The highest BCUT2D eigenvalue weighted by Crippen LogP contribution is 2.31. The summed E-state index contributed by atoms with van der Waals surface area (Å²) in [5.41, 5.74) is 0.225. The molecule has 7 heteroatoms. The van der Waals surface area contributed by atoms with E-state index in [0.29, 0.717) is 11.3 Å². The summed E-state index contributed by atoms with van der Waals surface area (Å²) in [5, 5.41) is 8.96. The lowest BCUT2D eigenvalue weighted by atomic mass is 10.1. The molecule has 0 aliphatic carbocycles. The van der Waals surface area contributed by atoms with Crippen LogP contribution in [0.4, 0.5) is 13.2 Å². The van der Waals surface area contributed by atoms with Crippen molar-refractivity contribution in [3.05, 3.63) is 52.7 Å². The second-order valence-electron chi connectivity index (χ2n) is 4.27. The molecular weight excluding hydrogens is 307 g/mol. The molecule has 1 aromatic heterocycles. The van der Waals surface area contributed by atoms with Crippen LogP contribution in [-0.4, -0.2) is 16.1 Å². The Morgan fingerprint density at radius 3 is 2.29 bits per heavy atom. The zero-order valence-corrected chi connectivity index (χ0v) is 11.2. The van der Waals surface area contributed by atoms with Gasteiger partial charge in [0.2, 0.25) is 0 Å². The molecule has 0 atom stereocenters. The number of nitrogens with zero attached hydrogens (tertiary/aromatic N) is 1. The Bertz CT molecular complexity index is 669. The largest absolute Gasteiger partial charge is 0.481 e. The van der Waals surface area contributed by atoms with E-state index in [4.69, 9.17) is 16.7 Å². The minimum absolute atomic E-state index is 0.168. The van der Waals surface area contributed by atoms with Crippen LogP contribution in [0.15, 0.2) is 36.4 Å². The van der Waals surface area contributed by atoms with E-state index >= 15 is 0 Å². The summed E-state index contributed by atoms with van der Waals surface area (Å²) < 4.78 is 37.5. The fourth-order valence-corrected chi connectivity index (χ4v) is 1.91. The summed E-state index contributed by atoms with van der Waals surface area (Å²) in [6.45, 7) is 0. The Kier molecular flexibility index (Phi) is 4.18. The van der Waals surface area contributed by atoms with Gasteiger partial charge >= 0.3 is 12.1 Å². The number of rotatable bonds is 3. The number of hydrogen-bond donors (Lipinski definition) is 1. The van der Waals surface area contributed by atoms with E-state index in [0.717, 1.165) is 12.1 Å². The molecule has 1 aromatic carbocycles. The molecule has 0 aliphatic rings. The summed E-state index contributed by atoms with van der Waals surface area (Å²) in [6.07, 6.45) is -4.76. The van der Waals surface area contributed by atoms with Gasteiger partial charge in [0, 0.05) is 5.56 Å². The first-order valence-electron chi connectivity index (χ1n) is 5.82. The van der Waals surface area contributed by atoms with Crippen LogP contribution >= 0.6 is 11.6 Å². The third kappa shape index (κ3) is 3.72. The van der Waals surface area contributed by atoms with Crippen LogP contribution in [0.5, 0.6) is 0 Å². The van der Waals surface area contributed by atoms with E-state index < -0.39 is 17.7 Å². The van der Waals surface area contributed by atoms with E-state index in [-0.39, 0.29) is 17.1 Å². The molecule has 0 aliphatic heterocycles. The Hall–Kier alpha value is -2.08. The maximum absolute atomic E-state index is 12.5. The average Bonchev–Trinajstić information content (AvgIpc) is 2.40. The highest BCUT2D eigenvalue weighted by molar-refractivity contribution is 6.31. The number of carboxylic acids is 1. The summed E-state index contributed by atoms with van der Waals surface area (Å²) in [4.78, 5) is 14.8. The van der Waals surface area contributed by atoms with Gasteiger partial charge in [0.15, 0.2) is 0 Å². The fourth-order valence-electron chi connectivity index (χ4n) is 1.74. The number of aromatic nitrogens is 1. The summed E-state index contributed by atoms with van der Waals surface area (Å²) in [7, 11) is 0. The molecule has 0 fully saturated rings. The third-order valence-electron chi connectivity index (χ3n) is 2.75. The van der Waals surface area contributed by atoms with Crippen LogP contribution in [0.3, 0.4) is 0 Å². The van der Waals surface area contributed by atoms with Crippen molar-refractivity contribution in [3.63, 3.8) is 0 Å². The van der Waals surface area contributed by atoms with E-state index in [2.05, 4.69) is 4.98 Å². The summed E-state index contributed by atoms with van der Waals surface area (Å²) in [5.74, 6) is -1.09. The molecule has 0 spiro atoms. The Morgan fingerprint density at radius 2 is 1.76 bits per heavy atom. The lowest BCUT2D eigenvalue weighted by Gasteiger charge is -2.08. The molecule has 0 radical (unpaired) electrons. The molecule has 21 heavy (non-hydrogen) atoms. The number of carboxylic acid groups (broad SMARTS) is 1. The summed E-state index contributed by atoms with van der Waals surface area (Å²) >= 11 is 5.84. The van der Waals surface area contributed by atoms with E-state index in [9.17, 15) is 18.0 Å². The first-order chi connectivity index (χ1) is 9.77. The third-order valence-corrected chi connectivity index (χ3v) is 3.09. The van der Waals surface area contributed by atoms with Crippen LogP contribution < -0.4 is 0 Å². The lowest BCUT2D eigenvalue weighted by Crippen LogP contribution is -2.05. The molecule has 0 amide bonds. The SMILES string of the molecule is O=C(O)Cc1nc(-c2ccc(C(F)(F)F)cc2)ccc1Cl. The molecule has 0 unspecified atom stereocenters. The van der Waals surface area contributed by atoms with E-state index in [1.54, 1.807) is 0 Å². The first-order valence-corrected chi connectivity index (χ1v) is 6.20. The van der Waals surface area contributed by atoms with Crippen LogP contribution in [0.2, 0.25) is 5.02 Å². The molecule has 3 nitrogen and oxygen atoms in total. The fraction of sp³-hybridized carbons (Fsp3) is 0.143. The normalized spacial score (nSPS) is 11.4. The smallest absolute Gasteiger partial charge is 0.416 e. The van der Waals surface area contributed by atoms with E-state index in [1.165, 1.54) is 24.3 Å². The van der Waals surface area contributed by atoms with Gasteiger partial charge in [-0.25, -0.2) is 0 Å². The van der Waals surface area contributed by atoms with Gasteiger partial charge in [-0.05, 0) is 24.3 Å². The number of halogens is 4. The second-order valence-corrected chi connectivity index (χ2v) is 4.68. The lowest BCUT2D eigenvalue weighted by molar-refractivity contribution is -0.138. The van der Waals surface area contributed by atoms with E-state index in [1.807, 2.05) is 0 Å². The van der Waals surface area contributed by atoms with Gasteiger partial charge < -0.3 is 5.11 Å². The topological polar surface area (TPSA) is 50.2 Å². The molecule has 110 valence electrons. The first kappa shape index (κ1) is 15.3. The average molecular weight is 316 g/mol. The highest BCUT2D eigenvalue weighted by Gasteiger charge is 2.30. The maximum Gasteiger partial charge on any atom is 0.416 e. The maximum atomic E-state index is 12.5. The highest BCUT2D eigenvalue weighted by atomic mass is 35.5. The van der Waals surface area contributed by atoms with Gasteiger partial charge in [-0.2, -0.15) is 13.2 Å². The Morgan fingerprint density at radius 1 is 1.14 bits per heavy atom. The monoisotopic (exact) mass is 315 g/mol. The second kappa shape index (κ2) is 5.73. The number of pyridine rings is 1. The molecule has 1 heterocycles. The predicted octanol–water partition coefficient (Wildman–Crippen LogP) is 4.05. The summed E-state index contributed by atoms with van der Waals surface area (Å²) in [6, 6.07) is 7.45. The van der Waals surface area contributed by atoms with Crippen LogP contribution in [0.25, 0.3) is 11.3 Å². The van der Waals surface area contributed by atoms with Crippen molar-refractivity contribution in [1.82, 2.24) is 4.98 Å². The minimum atomic E-state index is -4.40. The van der Waals surface area contributed by atoms with Crippen molar-refractivity contribution in [2.45, 2.75) is 12.6 Å². The van der Waals surface area contributed by atoms with Gasteiger partial charge in [-0.1, -0.05) is 23.7 Å². The zero-order chi connectivity index (χ0) is 15.6. The number of carbonyl (C=O) groups is 1. The number of benzene rings is 1. The predicted molar refractivity (Wildman–Crippen MR) is 71.0 cm³/mol. The minimum Gasteiger partial charge on any atom is -0.481 e. The van der Waals surface area contributed by atoms with Gasteiger partial charge in [0.05, 0.1) is 28.4 Å². The van der Waals surface area contributed by atoms with Gasteiger partial charge in [0.25, 0.3) is 0 Å². The number of hydrogen-bond acceptors (Lipinski definition) is 2. The molecule has 2 aromatic rings. The Balaban J connectivity index is 2.36. The molecule has 0 saturated carbocycles. The molecule has 0 saturated heterocycles. The standard InChI is InChI=1S/C14H9ClF3NO2/c15-10-5-6-11(19-12(10)7-13(20)21)8-1-3-9(4-2-8)14(16,17)18/h1-6H,7H2,(H,20,21). The van der Waals surface area contributed by atoms with Crippen LogP contribution in [0.1, 0.15) is 11.3 Å². The van der Waals surface area contributed by atoms with Crippen molar-refractivity contribution in [2.75, 3.05) is 0 Å². The Labute approximate surface area is 123 Å². The zero-order valence-electron chi connectivity index (χ0n) is 10.5. The molecule has 0 bridgehead atoms. The van der Waals surface area contributed by atoms with Crippen molar-refractivity contribution in [1.29, 1.82) is 0 Å². The van der Waals surface area contributed by atoms with Gasteiger partial charge in [-0.3, -0.25) is 9.78 Å². The molecular formula is C14H9ClF3NO2. The molecule has 1 N–H and O–H groups in total.